The predicted octanol–water partition coefficient (Wildman–Crippen LogP) is -0.0405. The Kier molecular flexibility index (Phi) is 3.65. The number of hydrogen-bond donors (Lipinski definition) is 3. The maximum atomic E-state index is 10.9. The van der Waals surface area contributed by atoms with Crippen LogP contribution in [0.2, 0.25) is 0 Å². The van der Waals surface area contributed by atoms with Gasteiger partial charge in [0.15, 0.2) is 6.10 Å². The minimum atomic E-state index is -1.71. The maximum Gasteiger partial charge on any atom is 0.337 e. The van der Waals surface area contributed by atoms with Crippen LogP contribution >= 0.6 is 0 Å². The number of para-hydroxylation sites is 1. The summed E-state index contributed by atoms with van der Waals surface area (Å²) in [6.07, 6.45) is -3.21. The van der Waals surface area contributed by atoms with E-state index < -0.39 is 18.2 Å². The van der Waals surface area contributed by atoms with Gasteiger partial charge in [-0.15, -0.1) is 0 Å². The maximum absolute atomic E-state index is 10.9. The van der Waals surface area contributed by atoms with Crippen molar-refractivity contribution in [2.45, 2.75) is 12.2 Å². The summed E-state index contributed by atoms with van der Waals surface area (Å²) in [6.45, 7) is 0. The highest BCUT2D eigenvalue weighted by Crippen LogP contribution is 2.26. The third-order valence-corrected chi connectivity index (χ3v) is 2.00. The molecule has 0 aliphatic carbocycles. The second-order valence-electron chi connectivity index (χ2n) is 2.97. The molecule has 0 aromatic heterocycles. The normalized spacial score (nSPS) is 14.3. The third kappa shape index (κ3) is 2.45. The minimum absolute atomic E-state index is 0.0791. The van der Waals surface area contributed by atoms with E-state index in [0.29, 0.717) is 0 Å². The van der Waals surface area contributed by atoms with E-state index in [4.69, 9.17) is 0 Å². The number of methoxy groups -OCH3 is 1. The lowest BCUT2D eigenvalue weighted by Gasteiger charge is -2.16. The van der Waals surface area contributed by atoms with Crippen molar-refractivity contribution in [3.05, 3.63) is 29.8 Å². The summed E-state index contributed by atoms with van der Waals surface area (Å²) in [6, 6.07) is 5.90. The van der Waals surface area contributed by atoms with Crippen molar-refractivity contribution in [2.24, 2.45) is 0 Å². The number of aliphatic hydroxyl groups excluding tert-OH is 2. The van der Waals surface area contributed by atoms with Crippen molar-refractivity contribution < 1.29 is 24.9 Å². The molecule has 0 saturated carbocycles. The molecule has 0 bridgehead atoms. The number of carbonyl (C=O) groups excluding carboxylic acids is 1. The fourth-order valence-electron chi connectivity index (χ4n) is 1.16. The molecule has 5 nitrogen and oxygen atoms in total. The van der Waals surface area contributed by atoms with Crippen molar-refractivity contribution >= 4 is 5.97 Å². The Bertz CT molecular complexity index is 349. The summed E-state index contributed by atoms with van der Waals surface area (Å²) < 4.78 is 4.26. The van der Waals surface area contributed by atoms with Crippen LogP contribution in [0.25, 0.3) is 0 Å². The molecular weight excluding hydrogens is 200 g/mol. The second kappa shape index (κ2) is 4.77. The van der Waals surface area contributed by atoms with Crippen molar-refractivity contribution in [3.63, 3.8) is 0 Å². The summed E-state index contributed by atoms with van der Waals surface area (Å²) in [5.41, 5.74) is 0.0791. The first-order valence-electron chi connectivity index (χ1n) is 4.29. The van der Waals surface area contributed by atoms with Crippen molar-refractivity contribution in [3.8, 4) is 5.75 Å². The summed E-state index contributed by atoms with van der Waals surface area (Å²) in [5.74, 6) is -1.14. The lowest BCUT2D eigenvalue weighted by molar-refractivity contribution is -0.156. The van der Waals surface area contributed by atoms with Gasteiger partial charge in [-0.1, -0.05) is 18.2 Å². The Morgan fingerprint density at radius 1 is 1.33 bits per heavy atom. The van der Waals surface area contributed by atoms with Crippen molar-refractivity contribution in [1.29, 1.82) is 0 Å². The highest BCUT2D eigenvalue weighted by molar-refractivity contribution is 5.75. The number of benzene rings is 1. The zero-order chi connectivity index (χ0) is 11.4. The van der Waals surface area contributed by atoms with Gasteiger partial charge in [0.1, 0.15) is 11.9 Å². The molecule has 0 aliphatic heterocycles. The Morgan fingerprint density at radius 2 is 1.93 bits per heavy atom. The van der Waals surface area contributed by atoms with Gasteiger partial charge in [-0.2, -0.15) is 0 Å². The number of hydrogen-bond acceptors (Lipinski definition) is 5. The molecule has 0 heterocycles. The Hall–Kier alpha value is -1.59. The van der Waals surface area contributed by atoms with Crippen LogP contribution in [0, 0.1) is 0 Å². The standard InChI is InChI=1S/C10H12O5/c1-15-10(14)9(13)8(12)6-4-2-3-5-7(6)11/h2-5,8-9,11-13H,1H3. The first-order valence-corrected chi connectivity index (χ1v) is 4.29. The number of carbonyl (C=O) groups is 1. The molecular formula is C10H12O5. The number of esters is 1. The van der Waals surface area contributed by atoms with Gasteiger partial charge in [0, 0.05) is 5.56 Å². The van der Waals surface area contributed by atoms with E-state index in [1.165, 1.54) is 12.1 Å². The van der Waals surface area contributed by atoms with Crippen LogP contribution in [0.1, 0.15) is 11.7 Å². The molecule has 1 aromatic rings. The van der Waals surface area contributed by atoms with E-state index in [9.17, 15) is 20.1 Å². The van der Waals surface area contributed by atoms with Crippen LogP contribution in [0.15, 0.2) is 24.3 Å². The Morgan fingerprint density at radius 3 is 2.47 bits per heavy atom. The minimum Gasteiger partial charge on any atom is -0.508 e. The lowest BCUT2D eigenvalue weighted by Crippen LogP contribution is -2.29. The Labute approximate surface area is 86.5 Å². The summed E-state index contributed by atoms with van der Waals surface area (Å²) in [4.78, 5) is 10.9. The fraction of sp³-hybridized carbons (Fsp3) is 0.300. The van der Waals surface area contributed by atoms with E-state index >= 15 is 0 Å². The third-order valence-electron chi connectivity index (χ3n) is 2.00. The molecule has 0 amide bonds. The molecule has 2 atom stereocenters. The van der Waals surface area contributed by atoms with Crippen LogP contribution in [-0.2, 0) is 9.53 Å². The summed E-state index contributed by atoms with van der Waals surface area (Å²) in [5, 5.41) is 28.3. The van der Waals surface area contributed by atoms with Crippen LogP contribution in [-0.4, -0.2) is 34.5 Å². The topological polar surface area (TPSA) is 87.0 Å². The van der Waals surface area contributed by atoms with E-state index in [-0.39, 0.29) is 11.3 Å². The molecule has 3 N–H and O–H groups in total. The van der Waals surface area contributed by atoms with Gasteiger partial charge < -0.3 is 20.1 Å². The lowest BCUT2D eigenvalue weighted by atomic mass is 10.0. The van der Waals surface area contributed by atoms with Gasteiger partial charge in [-0.3, -0.25) is 0 Å². The number of phenols is 1. The average molecular weight is 212 g/mol. The van der Waals surface area contributed by atoms with Crippen molar-refractivity contribution in [2.75, 3.05) is 7.11 Å². The summed E-state index contributed by atoms with van der Waals surface area (Å²) >= 11 is 0. The number of phenolic OH excluding ortho intramolecular Hbond substituents is 1. The highest BCUT2D eigenvalue weighted by atomic mass is 16.5. The molecule has 0 spiro atoms. The molecule has 5 heteroatoms. The molecule has 0 fully saturated rings. The van der Waals surface area contributed by atoms with Crippen LogP contribution in [0.3, 0.4) is 0 Å². The average Bonchev–Trinajstić information content (AvgIpc) is 2.26. The molecule has 0 aliphatic rings. The molecule has 82 valence electrons. The molecule has 2 unspecified atom stereocenters. The smallest absolute Gasteiger partial charge is 0.337 e. The van der Waals surface area contributed by atoms with E-state index in [1.54, 1.807) is 12.1 Å². The Balaban J connectivity index is 2.89. The van der Waals surface area contributed by atoms with Gasteiger partial charge in [0.05, 0.1) is 7.11 Å². The number of ether oxygens (including phenoxy) is 1. The van der Waals surface area contributed by atoms with Crippen molar-refractivity contribution in [1.82, 2.24) is 0 Å². The van der Waals surface area contributed by atoms with E-state index in [1.807, 2.05) is 0 Å². The number of rotatable bonds is 3. The van der Waals surface area contributed by atoms with Crippen LogP contribution in [0.5, 0.6) is 5.75 Å². The van der Waals surface area contributed by atoms with Crippen LogP contribution < -0.4 is 0 Å². The molecule has 15 heavy (non-hydrogen) atoms. The first kappa shape index (κ1) is 11.5. The van der Waals surface area contributed by atoms with Gasteiger partial charge in [0.25, 0.3) is 0 Å². The second-order valence-corrected chi connectivity index (χ2v) is 2.97. The van der Waals surface area contributed by atoms with E-state index in [2.05, 4.69) is 4.74 Å². The number of aliphatic hydroxyl groups is 2. The SMILES string of the molecule is COC(=O)C(O)C(O)c1ccccc1O. The zero-order valence-electron chi connectivity index (χ0n) is 8.12. The quantitative estimate of drug-likeness (QED) is 0.612. The zero-order valence-corrected chi connectivity index (χ0v) is 8.12. The number of aromatic hydroxyl groups is 1. The molecule has 0 radical (unpaired) electrons. The highest BCUT2D eigenvalue weighted by Gasteiger charge is 2.27. The van der Waals surface area contributed by atoms with Gasteiger partial charge in [0.2, 0.25) is 0 Å². The van der Waals surface area contributed by atoms with Crippen LogP contribution in [0.4, 0.5) is 0 Å². The predicted molar refractivity (Wildman–Crippen MR) is 51.1 cm³/mol. The largest absolute Gasteiger partial charge is 0.508 e. The fourth-order valence-corrected chi connectivity index (χ4v) is 1.16. The molecule has 1 rings (SSSR count). The molecule has 0 saturated heterocycles. The van der Waals surface area contributed by atoms with Gasteiger partial charge in [-0.05, 0) is 6.07 Å². The van der Waals surface area contributed by atoms with E-state index in [0.717, 1.165) is 7.11 Å². The summed E-state index contributed by atoms with van der Waals surface area (Å²) in [7, 11) is 1.10. The monoisotopic (exact) mass is 212 g/mol. The van der Waals surface area contributed by atoms with Gasteiger partial charge in [-0.25, -0.2) is 4.79 Å². The first-order chi connectivity index (χ1) is 7.07. The van der Waals surface area contributed by atoms with Gasteiger partial charge >= 0.3 is 5.97 Å². The molecule has 1 aromatic carbocycles.